The second kappa shape index (κ2) is 8.63. The van der Waals surface area contributed by atoms with Crippen molar-refractivity contribution in [1.29, 1.82) is 0 Å². The molecule has 1 atom stereocenters. The Balaban J connectivity index is 1.41. The molecule has 2 aliphatic rings. The summed E-state index contributed by atoms with van der Waals surface area (Å²) < 4.78 is 0. The van der Waals surface area contributed by atoms with Crippen molar-refractivity contribution < 1.29 is 9.90 Å². The van der Waals surface area contributed by atoms with E-state index >= 15 is 0 Å². The summed E-state index contributed by atoms with van der Waals surface area (Å²) in [6.07, 6.45) is 6.73. The van der Waals surface area contributed by atoms with E-state index in [0.717, 1.165) is 38.0 Å². The zero-order chi connectivity index (χ0) is 16.8. The maximum atomic E-state index is 12.4. The summed E-state index contributed by atoms with van der Waals surface area (Å²) in [5, 5.41) is 9.11. The fourth-order valence-electron chi connectivity index (χ4n) is 3.93. The van der Waals surface area contributed by atoms with Crippen LogP contribution in [0.25, 0.3) is 0 Å². The molecule has 2 heterocycles. The Morgan fingerprint density at radius 2 is 1.75 bits per heavy atom. The molecule has 1 N–H and O–H groups in total. The summed E-state index contributed by atoms with van der Waals surface area (Å²) >= 11 is 0. The van der Waals surface area contributed by atoms with Crippen molar-refractivity contribution in [3.8, 4) is 0 Å². The van der Waals surface area contributed by atoms with Crippen LogP contribution in [0.4, 0.5) is 0 Å². The van der Waals surface area contributed by atoms with Gasteiger partial charge >= 0.3 is 0 Å². The van der Waals surface area contributed by atoms with Gasteiger partial charge in [0, 0.05) is 26.1 Å². The molecule has 0 radical (unpaired) electrons. The molecule has 0 spiro atoms. The summed E-state index contributed by atoms with van der Waals surface area (Å²) in [7, 11) is 0. The van der Waals surface area contributed by atoms with Gasteiger partial charge in [-0.1, -0.05) is 30.7 Å². The fourth-order valence-corrected chi connectivity index (χ4v) is 3.93. The molecule has 0 saturated carbocycles. The van der Waals surface area contributed by atoms with Crippen LogP contribution in [0.15, 0.2) is 24.3 Å². The molecule has 0 aliphatic carbocycles. The van der Waals surface area contributed by atoms with Crippen molar-refractivity contribution >= 4 is 5.91 Å². The highest BCUT2D eigenvalue weighted by Crippen LogP contribution is 2.22. The van der Waals surface area contributed by atoms with Gasteiger partial charge in [-0.05, 0) is 55.8 Å². The van der Waals surface area contributed by atoms with Crippen molar-refractivity contribution in [2.45, 2.75) is 45.1 Å². The second-order valence-electron chi connectivity index (χ2n) is 7.33. The number of rotatable bonds is 6. The summed E-state index contributed by atoms with van der Waals surface area (Å²) in [4.78, 5) is 16.9. The monoisotopic (exact) mass is 330 g/mol. The van der Waals surface area contributed by atoms with E-state index in [9.17, 15) is 4.79 Å². The number of amides is 1. The summed E-state index contributed by atoms with van der Waals surface area (Å²) in [6.45, 7) is 5.18. The van der Waals surface area contributed by atoms with Gasteiger partial charge in [-0.15, -0.1) is 0 Å². The molecule has 4 heteroatoms. The first kappa shape index (κ1) is 17.4. The summed E-state index contributed by atoms with van der Waals surface area (Å²) in [6, 6.07) is 8.19. The normalized spacial score (nSPS) is 22.0. The Hall–Kier alpha value is -1.39. The lowest BCUT2D eigenvalue weighted by Gasteiger charge is -2.27. The average molecular weight is 330 g/mol. The van der Waals surface area contributed by atoms with Crippen LogP contribution >= 0.6 is 0 Å². The van der Waals surface area contributed by atoms with Gasteiger partial charge in [-0.3, -0.25) is 4.79 Å². The second-order valence-corrected chi connectivity index (χ2v) is 7.33. The molecule has 1 amide bonds. The molecule has 2 aliphatic heterocycles. The fraction of sp³-hybridized carbons (Fsp3) is 0.650. The minimum Gasteiger partial charge on any atom is -0.392 e. The first-order chi connectivity index (χ1) is 11.7. The van der Waals surface area contributed by atoms with E-state index in [4.69, 9.17) is 5.11 Å². The van der Waals surface area contributed by atoms with Crippen molar-refractivity contribution in [1.82, 2.24) is 9.80 Å². The van der Waals surface area contributed by atoms with Crippen LogP contribution in [-0.2, 0) is 17.8 Å². The minimum absolute atomic E-state index is 0.100. The number of carbonyl (C=O) groups excluding carboxylic acids is 1. The van der Waals surface area contributed by atoms with E-state index in [0.29, 0.717) is 18.2 Å². The highest BCUT2D eigenvalue weighted by Gasteiger charge is 2.26. The molecule has 0 aromatic heterocycles. The molecular formula is C20H30N2O2. The van der Waals surface area contributed by atoms with Crippen LogP contribution in [0, 0.1) is 5.92 Å². The van der Waals surface area contributed by atoms with Gasteiger partial charge < -0.3 is 14.9 Å². The first-order valence-corrected chi connectivity index (χ1v) is 9.43. The number of nitrogens with zero attached hydrogens (tertiary/aromatic N) is 2. The van der Waals surface area contributed by atoms with Gasteiger partial charge in [0.05, 0.1) is 6.61 Å². The van der Waals surface area contributed by atoms with Crippen LogP contribution in [-0.4, -0.2) is 53.5 Å². The number of hydrogen-bond donors (Lipinski definition) is 1. The molecule has 3 rings (SSSR count). The smallest absolute Gasteiger partial charge is 0.223 e. The zero-order valence-electron chi connectivity index (χ0n) is 14.6. The molecule has 2 saturated heterocycles. The van der Waals surface area contributed by atoms with Crippen molar-refractivity contribution in [3.63, 3.8) is 0 Å². The highest BCUT2D eigenvalue weighted by atomic mass is 16.3. The van der Waals surface area contributed by atoms with Crippen LogP contribution in [0.3, 0.4) is 0 Å². The molecule has 4 nitrogen and oxygen atoms in total. The maximum Gasteiger partial charge on any atom is 0.223 e. The van der Waals surface area contributed by atoms with Crippen LogP contribution in [0.5, 0.6) is 0 Å². The Morgan fingerprint density at radius 1 is 1.04 bits per heavy atom. The van der Waals surface area contributed by atoms with Gasteiger partial charge in [0.15, 0.2) is 0 Å². The summed E-state index contributed by atoms with van der Waals surface area (Å²) in [5.41, 5.74) is 2.26. The molecular weight excluding hydrogens is 300 g/mol. The topological polar surface area (TPSA) is 43.8 Å². The van der Waals surface area contributed by atoms with Crippen molar-refractivity contribution in [2.24, 2.45) is 5.92 Å². The molecule has 2 fully saturated rings. The minimum atomic E-state index is 0.100. The van der Waals surface area contributed by atoms with E-state index in [2.05, 4.69) is 21.9 Å². The quantitative estimate of drug-likeness (QED) is 0.871. The van der Waals surface area contributed by atoms with Crippen molar-refractivity contribution in [3.05, 3.63) is 35.4 Å². The number of aliphatic hydroxyl groups excluding tert-OH is 1. The van der Waals surface area contributed by atoms with E-state index in [1.807, 2.05) is 12.1 Å². The van der Waals surface area contributed by atoms with Crippen molar-refractivity contribution in [2.75, 3.05) is 32.7 Å². The zero-order valence-corrected chi connectivity index (χ0v) is 14.6. The molecule has 0 unspecified atom stereocenters. The maximum absolute atomic E-state index is 12.4. The van der Waals surface area contributed by atoms with Gasteiger partial charge in [-0.2, -0.15) is 0 Å². The molecule has 24 heavy (non-hydrogen) atoms. The number of carbonyl (C=O) groups is 1. The first-order valence-electron chi connectivity index (χ1n) is 9.43. The third kappa shape index (κ3) is 4.81. The van der Waals surface area contributed by atoms with Crippen LogP contribution < -0.4 is 0 Å². The Morgan fingerprint density at radius 3 is 2.46 bits per heavy atom. The number of hydrogen-bond acceptors (Lipinski definition) is 3. The Bertz CT molecular complexity index is 523. The lowest BCUT2D eigenvalue weighted by atomic mass is 9.98. The van der Waals surface area contributed by atoms with Gasteiger partial charge in [-0.25, -0.2) is 0 Å². The van der Waals surface area contributed by atoms with E-state index < -0.39 is 0 Å². The lowest BCUT2D eigenvalue weighted by Crippen LogP contribution is -2.35. The number of likely N-dealkylation sites (tertiary alicyclic amines) is 2. The van der Waals surface area contributed by atoms with Gasteiger partial charge in [0.1, 0.15) is 0 Å². The molecule has 0 bridgehead atoms. The third-order valence-electron chi connectivity index (χ3n) is 5.46. The largest absolute Gasteiger partial charge is 0.392 e. The third-order valence-corrected chi connectivity index (χ3v) is 5.46. The predicted molar refractivity (Wildman–Crippen MR) is 95.7 cm³/mol. The van der Waals surface area contributed by atoms with E-state index in [-0.39, 0.29) is 6.61 Å². The lowest BCUT2D eigenvalue weighted by molar-refractivity contribution is -0.130. The Labute approximate surface area is 145 Å². The van der Waals surface area contributed by atoms with Crippen LogP contribution in [0.1, 0.15) is 43.2 Å². The summed E-state index contributed by atoms with van der Waals surface area (Å²) in [5.74, 6) is 0.905. The predicted octanol–water partition coefficient (Wildman–Crippen LogP) is 2.45. The molecule has 132 valence electrons. The standard InChI is InChI=1S/C20H30N2O2/c23-16-18-6-4-17(5-7-18)14-19-8-13-22(15-19)20(24)9-12-21-10-2-1-3-11-21/h4-7,19,23H,1-3,8-16H2/t19-/m0/s1. The molecule has 1 aromatic rings. The van der Waals surface area contributed by atoms with Gasteiger partial charge in [0.25, 0.3) is 0 Å². The average Bonchev–Trinajstić information content (AvgIpc) is 3.10. The van der Waals surface area contributed by atoms with E-state index in [1.165, 1.54) is 37.9 Å². The number of piperidine rings is 1. The Kier molecular flexibility index (Phi) is 6.27. The van der Waals surface area contributed by atoms with E-state index in [1.54, 1.807) is 0 Å². The van der Waals surface area contributed by atoms with Gasteiger partial charge in [0.2, 0.25) is 5.91 Å². The number of benzene rings is 1. The number of aliphatic hydroxyl groups is 1. The SMILES string of the molecule is O=C(CCN1CCCCC1)N1CC[C@@H](Cc2ccc(CO)cc2)C1. The molecule has 1 aromatic carbocycles. The van der Waals surface area contributed by atoms with Crippen LogP contribution in [0.2, 0.25) is 0 Å². The highest BCUT2D eigenvalue weighted by molar-refractivity contribution is 5.76.